The number of halogens is 5. The molecule has 0 saturated heterocycles. The number of allylic oxidation sites excluding steroid dienone is 1. The first kappa shape index (κ1) is 19.6. The topological polar surface area (TPSA) is 29.9 Å². The van der Waals surface area contributed by atoms with Crippen LogP contribution in [0.4, 0.5) is 27.6 Å². The predicted octanol–water partition coefficient (Wildman–Crippen LogP) is 5.64. The van der Waals surface area contributed by atoms with Gasteiger partial charge in [0.2, 0.25) is 0 Å². The van der Waals surface area contributed by atoms with Gasteiger partial charge in [0.25, 0.3) is 0 Å². The molecule has 0 fully saturated rings. The first-order valence-corrected chi connectivity index (χ1v) is 8.25. The SMILES string of the molecule is C=CC(F)(F)c1cc(-c2ccc(NCc3c(F)cccc3F)cc2F)n(C)n1.[HH]. The number of alkyl halides is 2. The number of hydrogen-bond donors (Lipinski definition) is 1. The molecule has 0 amide bonds. The molecule has 1 aromatic heterocycles. The fraction of sp³-hybridized carbons (Fsp3) is 0.150. The molecule has 148 valence electrons. The Hall–Kier alpha value is -3.16. The van der Waals surface area contributed by atoms with Crippen molar-refractivity contribution in [3.8, 4) is 11.3 Å². The average molecular weight is 395 g/mol. The molecule has 0 aliphatic carbocycles. The summed E-state index contributed by atoms with van der Waals surface area (Å²) in [4.78, 5) is 0. The molecule has 0 atom stereocenters. The number of anilines is 1. The third-order valence-corrected chi connectivity index (χ3v) is 4.25. The zero-order chi connectivity index (χ0) is 20.5. The standard InChI is InChI=1S/C20H16F5N3.H2/c1-3-20(24,25)19-10-18(28(2)27-19)13-8-7-12(9-17(13)23)26-11-14-15(21)5-4-6-16(14)22;/h3-10,26H,1,11H2,2H3;1H. The van der Waals surface area contributed by atoms with Crippen molar-refractivity contribution in [2.45, 2.75) is 12.5 Å². The Kier molecular flexibility index (Phi) is 5.22. The van der Waals surface area contributed by atoms with Crippen LogP contribution in [0.25, 0.3) is 11.3 Å². The lowest BCUT2D eigenvalue weighted by molar-refractivity contribution is 0.0470. The minimum atomic E-state index is -3.34. The maximum Gasteiger partial charge on any atom is 0.309 e. The molecular weight excluding hydrogens is 377 g/mol. The highest BCUT2D eigenvalue weighted by molar-refractivity contribution is 5.64. The Morgan fingerprint density at radius 1 is 1.11 bits per heavy atom. The zero-order valence-corrected chi connectivity index (χ0v) is 14.8. The summed E-state index contributed by atoms with van der Waals surface area (Å²) in [6, 6.07) is 8.57. The van der Waals surface area contributed by atoms with Gasteiger partial charge >= 0.3 is 5.92 Å². The maximum absolute atomic E-state index is 14.6. The second kappa shape index (κ2) is 7.46. The second-order valence-corrected chi connectivity index (χ2v) is 6.11. The molecule has 1 heterocycles. The number of aryl methyl sites for hydroxylation is 1. The average Bonchev–Trinajstić information content (AvgIpc) is 3.04. The molecule has 3 aromatic rings. The molecule has 0 spiro atoms. The Balaban J connectivity index is 0.00000300. The highest BCUT2D eigenvalue weighted by Gasteiger charge is 2.31. The number of nitrogens with zero attached hydrogens (tertiary/aromatic N) is 2. The highest BCUT2D eigenvalue weighted by atomic mass is 19.3. The summed E-state index contributed by atoms with van der Waals surface area (Å²) in [5.74, 6) is -5.46. The molecule has 1 N–H and O–H groups in total. The summed E-state index contributed by atoms with van der Waals surface area (Å²) in [5.41, 5.74) is -0.223. The van der Waals surface area contributed by atoms with Crippen molar-refractivity contribution in [2.24, 2.45) is 7.05 Å². The van der Waals surface area contributed by atoms with Crippen molar-refractivity contribution in [2.75, 3.05) is 5.32 Å². The van der Waals surface area contributed by atoms with Gasteiger partial charge in [0, 0.05) is 31.8 Å². The molecule has 3 nitrogen and oxygen atoms in total. The monoisotopic (exact) mass is 395 g/mol. The van der Waals surface area contributed by atoms with E-state index in [9.17, 15) is 22.0 Å². The van der Waals surface area contributed by atoms with E-state index in [4.69, 9.17) is 0 Å². The molecule has 0 bridgehead atoms. The fourth-order valence-electron chi connectivity index (χ4n) is 2.71. The number of rotatable bonds is 6. The number of nitrogens with one attached hydrogen (secondary N) is 1. The third-order valence-electron chi connectivity index (χ3n) is 4.25. The van der Waals surface area contributed by atoms with Gasteiger partial charge in [-0.05, 0) is 42.5 Å². The minimum absolute atomic E-state index is 0. The Morgan fingerprint density at radius 3 is 2.39 bits per heavy atom. The Bertz CT molecular complexity index is 1010. The molecule has 0 unspecified atom stereocenters. The van der Waals surface area contributed by atoms with Gasteiger partial charge in [-0.25, -0.2) is 13.2 Å². The fourth-order valence-corrected chi connectivity index (χ4v) is 2.71. The van der Waals surface area contributed by atoms with Gasteiger partial charge in [0.1, 0.15) is 23.1 Å². The molecule has 3 rings (SSSR count). The van der Waals surface area contributed by atoms with E-state index in [1.54, 1.807) is 0 Å². The number of aromatic nitrogens is 2. The molecule has 8 heteroatoms. The lowest BCUT2D eigenvalue weighted by Crippen LogP contribution is -2.10. The highest BCUT2D eigenvalue weighted by Crippen LogP contribution is 2.32. The van der Waals surface area contributed by atoms with Crippen molar-refractivity contribution in [3.63, 3.8) is 0 Å². The van der Waals surface area contributed by atoms with Crippen molar-refractivity contribution in [3.05, 3.63) is 83.8 Å². The van der Waals surface area contributed by atoms with Crippen molar-refractivity contribution in [1.29, 1.82) is 0 Å². The summed E-state index contributed by atoms with van der Waals surface area (Å²) in [5, 5.41) is 6.46. The van der Waals surface area contributed by atoms with Crippen LogP contribution in [0.3, 0.4) is 0 Å². The van der Waals surface area contributed by atoms with Crippen LogP contribution in [0.1, 0.15) is 12.7 Å². The predicted molar refractivity (Wildman–Crippen MR) is 98.5 cm³/mol. The zero-order valence-electron chi connectivity index (χ0n) is 14.8. The summed E-state index contributed by atoms with van der Waals surface area (Å²) in [6.45, 7) is 2.89. The van der Waals surface area contributed by atoms with Crippen LogP contribution < -0.4 is 5.32 Å². The Labute approximate surface area is 159 Å². The minimum Gasteiger partial charge on any atom is -0.381 e. The van der Waals surface area contributed by atoms with Crippen molar-refractivity contribution in [1.82, 2.24) is 9.78 Å². The first-order valence-electron chi connectivity index (χ1n) is 8.25. The van der Waals surface area contributed by atoms with E-state index < -0.39 is 29.1 Å². The van der Waals surface area contributed by atoms with Gasteiger partial charge in [-0.3, -0.25) is 4.68 Å². The van der Waals surface area contributed by atoms with Gasteiger partial charge in [-0.2, -0.15) is 13.9 Å². The Morgan fingerprint density at radius 2 is 1.79 bits per heavy atom. The van der Waals surface area contributed by atoms with Crippen LogP contribution in [0.15, 0.2) is 55.1 Å². The van der Waals surface area contributed by atoms with Crippen LogP contribution in [0.5, 0.6) is 0 Å². The van der Waals surface area contributed by atoms with Gasteiger partial charge in [0.05, 0.1) is 5.69 Å². The van der Waals surface area contributed by atoms with Gasteiger partial charge in [0.15, 0.2) is 0 Å². The first-order chi connectivity index (χ1) is 13.2. The summed E-state index contributed by atoms with van der Waals surface area (Å²) in [7, 11) is 1.42. The number of benzene rings is 2. The summed E-state index contributed by atoms with van der Waals surface area (Å²) < 4.78 is 70.5. The second-order valence-electron chi connectivity index (χ2n) is 6.11. The summed E-state index contributed by atoms with van der Waals surface area (Å²) in [6.07, 6.45) is 0.463. The molecular formula is C20H18F5N3. The lowest BCUT2D eigenvalue weighted by atomic mass is 10.1. The van der Waals surface area contributed by atoms with Crippen LogP contribution in [0, 0.1) is 17.5 Å². The van der Waals surface area contributed by atoms with E-state index in [1.807, 2.05) is 0 Å². The summed E-state index contributed by atoms with van der Waals surface area (Å²) >= 11 is 0. The molecule has 2 aromatic carbocycles. The van der Waals surface area contributed by atoms with Gasteiger partial charge in [-0.1, -0.05) is 12.6 Å². The van der Waals surface area contributed by atoms with Crippen molar-refractivity contribution >= 4 is 5.69 Å². The molecule has 0 radical (unpaired) electrons. The maximum atomic E-state index is 14.6. The van der Waals surface area contributed by atoms with Crippen LogP contribution >= 0.6 is 0 Å². The quantitative estimate of drug-likeness (QED) is 0.432. The molecule has 0 saturated carbocycles. The molecule has 0 aliphatic heterocycles. The largest absolute Gasteiger partial charge is 0.381 e. The van der Waals surface area contributed by atoms with E-state index in [2.05, 4.69) is 17.0 Å². The van der Waals surface area contributed by atoms with E-state index in [0.717, 1.165) is 28.9 Å². The molecule has 0 aliphatic rings. The molecule has 28 heavy (non-hydrogen) atoms. The third kappa shape index (κ3) is 3.76. The smallest absolute Gasteiger partial charge is 0.309 e. The van der Waals surface area contributed by atoms with E-state index in [-0.39, 0.29) is 30.5 Å². The van der Waals surface area contributed by atoms with E-state index in [1.165, 1.54) is 25.2 Å². The number of hydrogen-bond acceptors (Lipinski definition) is 2. The van der Waals surface area contributed by atoms with Gasteiger partial charge in [-0.15, -0.1) is 0 Å². The van der Waals surface area contributed by atoms with Crippen LogP contribution in [0.2, 0.25) is 0 Å². The van der Waals surface area contributed by atoms with Gasteiger partial charge < -0.3 is 5.32 Å². The van der Waals surface area contributed by atoms with E-state index in [0.29, 0.717) is 6.08 Å². The lowest BCUT2D eigenvalue weighted by Gasteiger charge is -2.10. The van der Waals surface area contributed by atoms with E-state index >= 15 is 0 Å². The van der Waals surface area contributed by atoms with Crippen LogP contribution in [-0.4, -0.2) is 9.78 Å². The normalized spacial score (nSPS) is 11.5. The van der Waals surface area contributed by atoms with Crippen LogP contribution in [-0.2, 0) is 19.5 Å². The van der Waals surface area contributed by atoms with Crippen molar-refractivity contribution < 1.29 is 23.4 Å².